The van der Waals surface area contributed by atoms with E-state index < -0.39 is 0 Å². The fraction of sp³-hybridized carbons (Fsp3) is 0. The zero-order chi connectivity index (χ0) is 9.26. The van der Waals surface area contributed by atoms with Crippen molar-refractivity contribution in [2.75, 3.05) is 0 Å². The molecule has 2 rings (SSSR count). The van der Waals surface area contributed by atoms with E-state index in [1.807, 2.05) is 0 Å². The van der Waals surface area contributed by atoms with Gasteiger partial charge in [-0.05, 0) is 35.9 Å². The van der Waals surface area contributed by atoms with Crippen LogP contribution in [0.5, 0.6) is 0 Å². The van der Waals surface area contributed by atoms with E-state index in [2.05, 4.69) is 10.2 Å². The highest BCUT2D eigenvalue weighted by molar-refractivity contribution is 6.27. The fourth-order valence-electron chi connectivity index (χ4n) is 0.914. The van der Waals surface area contributed by atoms with Crippen LogP contribution in [0.1, 0.15) is 0 Å². The third-order valence-corrected chi connectivity index (χ3v) is 1.64. The summed E-state index contributed by atoms with van der Waals surface area (Å²) >= 11 is 5.43. The summed E-state index contributed by atoms with van der Waals surface area (Å²) in [5.74, 6) is -0.0284. The van der Waals surface area contributed by atoms with E-state index in [1.54, 1.807) is 12.1 Å². The van der Waals surface area contributed by atoms with E-state index in [9.17, 15) is 4.39 Å². The maximum Gasteiger partial charge on any atom is 0.313 e. The van der Waals surface area contributed by atoms with Crippen molar-refractivity contribution in [1.82, 2.24) is 10.2 Å². The standard InChI is InChI=1S/C8H4ClFN2O/c9-8-12-11-7(13-8)5-1-3-6(10)4-2-5/h1-4H. The Hall–Kier alpha value is -1.42. The Morgan fingerprint density at radius 2 is 1.85 bits per heavy atom. The fourth-order valence-corrected chi connectivity index (χ4v) is 1.03. The minimum absolute atomic E-state index is 0.0284. The molecule has 1 heterocycles. The number of nitrogens with zero attached hydrogens (tertiary/aromatic N) is 2. The summed E-state index contributed by atoms with van der Waals surface area (Å²) in [7, 11) is 0. The molecule has 0 aliphatic carbocycles. The molecule has 1 aromatic heterocycles. The second kappa shape index (κ2) is 3.14. The quantitative estimate of drug-likeness (QED) is 0.707. The van der Waals surface area contributed by atoms with Gasteiger partial charge in [-0.3, -0.25) is 0 Å². The van der Waals surface area contributed by atoms with Gasteiger partial charge >= 0.3 is 5.35 Å². The average Bonchev–Trinajstić information content (AvgIpc) is 2.53. The molecule has 0 saturated carbocycles. The van der Waals surface area contributed by atoms with Crippen molar-refractivity contribution in [2.24, 2.45) is 0 Å². The van der Waals surface area contributed by atoms with Gasteiger partial charge in [-0.1, -0.05) is 5.10 Å². The number of hydrogen-bond donors (Lipinski definition) is 0. The Balaban J connectivity index is 2.41. The molecule has 0 fully saturated rings. The van der Waals surface area contributed by atoms with Crippen LogP contribution in [0.2, 0.25) is 5.35 Å². The van der Waals surface area contributed by atoms with Gasteiger partial charge in [0.15, 0.2) is 0 Å². The van der Waals surface area contributed by atoms with Gasteiger partial charge in [-0.25, -0.2) is 4.39 Å². The van der Waals surface area contributed by atoms with E-state index in [-0.39, 0.29) is 17.1 Å². The number of hydrogen-bond acceptors (Lipinski definition) is 3. The molecule has 5 heteroatoms. The van der Waals surface area contributed by atoms with Crippen molar-refractivity contribution in [3.05, 3.63) is 35.4 Å². The molecular weight excluding hydrogens is 195 g/mol. The molecule has 2 aromatic rings. The number of aromatic nitrogens is 2. The lowest BCUT2D eigenvalue weighted by atomic mass is 10.2. The van der Waals surface area contributed by atoms with Crippen molar-refractivity contribution in [1.29, 1.82) is 0 Å². The highest BCUT2D eigenvalue weighted by atomic mass is 35.5. The van der Waals surface area contributed by atoms with Gasteiger partial charge in [0.25, 0.3) is 0 Å². The Labute approximate surface area is 78.2 Å². The lowest BCUT2D eigenvalue weighted by molar-refractivity contribution is 0.570. The van der Waals surface area contributed by atoms with Crippen molar-refractivity contribution in [2.45, 2.75) is 0 Å². The monoisotopic (exact) mass is 198 g/mol. The second-order valence-electron chi connectivity index (χ2n) is 2.37. The van der Waals surface area contributed by atoms with Gasteiger partial charge in [-0.2, -0.15) is 0 Å². The predicted octanol–water partition coefficient (Wildman–Crippen LogP) is 2.53. The van der Waals surface area contributed by atoms with Crippen LogP contribution in [-0.2, 0) is 0 Å². The van der Waals surface area contributed by atoms with Crippen molar-refractivity contribution < 1.29 is 8.81 Å². The first-order valence-corrected chi connectivity index (χ1v) is 3.88. The number of halogens is 2. The molecular formula is C8H4ClFN2O. The molecule has 0 aliphatic rings. The first kappa shape index (κ1) is 8.19. The highest BCUT2D eigenvalue weighted by Gasteiger charge is 2.05. The molecule has 0 aliphatic heterocycles. The van der Waals surface area contributed by atoms with Crippen molar-refractivity contribution in [3.8, 4) is 11.5 Å². The predicted molar refractivity (Wildman–Crippen MR) is 44.7 cm³/mol. The Bertz CT molecular complexity index is 412. The molecule has 0 radical (unpaired) electrons. The van der Waals surface area contributed by atoms with Crippen LogP contribution in [0, 0.1) is 5.82 Å². The SMILES string of the molecule is Fc1ccc(-c2nnc(Cl)o2)cc1. The van der Waals surface area contributed by atoms with Crippen molar-refractivity contribution in [3.63, 3.8) is 0 Å². The van der Waals surface area contributed by atoms with E-state index in [4.69, 9.17) is 16.0 Å². The molecule has 13 heavy (non-hydrogen) atoms. The van der Waals surface area contributed by atoms with E-state index >= 15 is 0 Å². The molecule has 1 aromatic carbocycles. The lowest BCUT2D eigenvalue weighted by Crippen LogP contribution is -1.78. The zero-order valence-corrected chi connectivity index (χ0v) is 7.12. The maximum absolute atomic E-state index is 12.5. The normalized spacial score (nSPS) is 10.3. The van der Waals surface area contributed by atoms with Crippen LogP contribution in [0.3, 0.4) is 0 Å². The van der Waals surface area contributed by atoms with Crippen LogP contribution >= 0.6 is 11.6 Å². The first-order valence-electron chi connectivity index (χ1n) is 3.50. The summed E-state index contributed by atoms with van der Waals surface area (Å²) < 4.78 is 17.4. The van der Waals surface area contributed by atoms with Crippen molar-refractivity contribution >= 4 is 11.6 Å². The second-order valence-corrected chi connectivity index (χ2v) is 2.69. The third kappa shape index (κ3) is 1.67. The summed E-state index contributed by atoms with van der Waals surface area (Å²) in [6.45, 7) is 0. The van der Waals surface area contributed by atoms with Crippen LogP contribution in [0.15, 0.2) is 28.7 Å². The van der Waals surface area contributed by atoms with Gasteiger partial charge in [-0.15, -0.1) is 5.10 Å². The first-order chi connectivity index (χ1) is 6.25. The Morgan fingerprint density at radius 3 is 2.38 bits per heavy atom. The Kier molecular flexibility index (Phi) is 1.98. The largest absolute Gasteiger partial charge is 0.407 e. The zero-order valence-electron chi connectivity index (χ0n) is 6.37. The van der Waals surface area contributed by atoms with Gasteiger partial charge < -0.3 is 4.42 Å². The van der Waals surface area contributed by atoms with E-state index in [0.717, 1.165) is 0 Å². The summed E-state index contributed by atoms with van der Waals surface area (Å²) in [6, 6.07) is 5.71. The topological polar surface area (TPSA) is 38.9 Å². The molecule has 66 valence electrons. The summed E-state index contributed by atoms with van der Waals surface area (Å²) in [4.78, 5) is 0. The van der Waals surface area contributed by atoms with Crippen LogP contribution in [-0.4, -0.2) is 10.2 Å². The van der Waals surface area contributed by atoms with Gasteiger partial charge in [0.1, 0.15) is 5.82 Å². The molecule has 0 amide bonds. The molecule has 0 bridgehead atoms. The van der Waals surface area contributed by atoms with Gasteiger partial charge in [0, 0.05) is 5.56 Å². The average molecular weight is 199 g/mol. The van der Waals surface area contributed by atoms with Crippen LogP contribution in [0.4, 0.5) is 4.39 Å². The Morgan fingerprint density at radius 1 is 1.15 bits per heavy atom. The number of benzene rings is 1. The molecule has 0 N–H and O–H groups in total. The maximum atomic E-state index is 12.5. The summed E-state index contributed by atoms with van der Waals surface area (Å²) in [5.41, 5.74) is 0.640. The molecule has 0 unspecified atom stereocenters. The molecule has 0 saturated heterocycles. The number of rotatable bonds is 1. The molecule has 0 spiro atoms. The van der Waals surface area contributed by atoms with E-state index in [0.29, 0.717) is 5.56 Å². The molecule has 3 nitrogen and oxygen atoms in total. The van der Waals surface area contributed by atoms with Gasteiger partial charge in [0.2, 0.25) is 5.89 Å². The minimum Gasteiger partial charge on any atom is -0.407 e. The highest BCUT2D eigenvalue weighted by Crippen LogP contribution is 2.19. The van der Waals surface area contributed by atoms with Crippen LogP contribution < -0.4 is 0 Å². The summed E-state index contributed by atoms with van der Waals surface area (Å²) in [5, 5.41) is 7.09. The van der Waals surface area contributed by atoms with E-state index in [1.165, 1.54) is 12.1 Å². The van der Waals surface area contributed by atoms with Crippen LogP contribution in [0.25, 0.3) is 11.5 Å². The van der Waals surface area contributed by atoms with Gasteiger partial charge in [0.05, 0.1) is 0 Å². The summed E-state index contributed by atoms with van der Waals surface area (Å²) in [6.07, 6.45) is 0. The third-order valence-electron chi connectivity index (χ3n) is 1.49. The lowest BCUT2D eigenvalue weighted by Gasteiger charge is -1.92. The smallest absolute Gasteiger partial charge is 0.313 e. The molecule has 0 atom stereocenters. The minimum atomic E-state index is -0.311.